The lowest BCUT2D eigenvalue weighted by atomic mass is 10.1. The maximum Gasteiger partial charge on any atom is 0.251 e. The summed E-state index contributed by atoms with van der Waals surface area (Å²) < 4.78 is 0. The van der Waals surface area contributed by atoms with Crippen molar-refractivity contribution in [2.24, 2.45) is 0 Å². The predicted molar refractivity (Wildman–Crippen MR) is 84.3 cm³/mol. The van der Waals surface area contributed by atoms with Crippen molar-refractivity contribution in [3.05, 3.63) is 65.2 Å². The molecule has 2 aromatic rings. The van der Waals surface area contributed by atoms with Gasteiger partial charge >= 0.3 is 0 Å². The Bertz CT molecular complexity index is 683. The number of amides is 2. The first-order chi connectivity index (χ1) is 10.6. The molecule has 114 valence electrons. The zero-order valence-corrected chi connectivity index (χ0v) is 12.3. The van der Waals surface area contributed by atoms with E-state index in [-0.39, 0.29) is 18.4 Å². The second kappa shape index (κ2) is 7.38. The number of hydrogen-bond acceptors (Lipinski definition) is 3. The minimum absolute atomic E-state index is 0.0654. The normalized spacial score (nSPS) is 10.1. The maximum atomic E-state index is 12.2. The summed E-state index contributed by atoms with van der Waals surface area (Å²) in [5.41, 5.74) is 2.70. The summed E-state index contributed by atoms with van der Waals surface area (Å²) in [6, 6.07) is 14.1. The highest BCUT2D eigenvalue weighted by molar-refractivity contribution is 5.96. The van der Waals surface area contributed by atoms with E-state index in [9.17, 15) is 14.7 Å². The molecule has 0 saturated carbocycles. The number of aliphatic hydroxyl groups is 1. The van der Waals surface area contributed by atoms with Crippen molar-refractivity contribution in [3.8, 4) is 0 Å². The summed E-state index contributed by atoms with van der Waals surface area (Å²) in [7, 11) is 0. The van der Waals surface area contributed by atoms with Crippen LogP contribution in [0, 0.1) is 0 Å². The van der Waals surface area contributed by atoms with Crippen LogP contribution < -0.4 is 10.6 Å². The van der Waals surface area contributed by atoms with Gasteiger partial charge in [0.2, 0.25) is 5.91 Å². The van der Waals surface area contributed by atoms with E-state index in [0.717, 1.165) is 11.1 Å². The smallest absolute Gasteiger partial charge is 0.251 e. The number of nitrogens with one attached hydrogen (secondary N) is 2. The quantitative estimate of drug-likeness (QED) is 0.790. The Morgan fingerprint density at radius 3 is 2.45 bits per heavy atom. The third-order valence-corrected chi connectivity index (χ3v) is 3.17. The molecule has 0 atom stereocenters. The third-order valence-electron chi connectivity index (χ3n) is 3.17. The molecule has 0 aliphatic carbocycles. The number of carbonyl (C=O) groups excluding carboxylic acids is 2. The van der Waals surface area contributed by atoms with Gasteiger partial charge in [0.05, 0.1) is 6.61 Å². The van der Waals surface area contributed by atoms with Crippen LogP contribution in [-0.2, 0) is 17.9 Å². The lowest BCUT2D eigenvalue weighted by Gasteiger charge is -2.10. The summed E-state index contributed by atoms with van der Waals surface area (Å²) in [5.74, 6) is -0.422. The molecule has 0 aliphatic heterocycles. The number of rotatable bonds is 5. The van der Waals surface area contributed by atoms with Crippen molar-refractivity contribution in [1.82, 2.24) is 5.32 Å². The molecule has 0 heterocycles. The summed E-state index contributed by atoms with van der Waals surface area (Å²) in [5, 5.41) is 14.7. The molecule has 0 radical (unpaired) electrons. The van der Waals surface area contributed by atoms with Gasteiger partial charge in [-0.3, -0.25) is 9.59 Å². The van der Waals surface area contributed by atoms with Crippen LogP contribution in [0.15, 0.2) is 48.5 Å². The number of carbonyl (C=O) groups is 2. The molecule has 22 heavy (non-hydrogen) atoms. The number of anilines is 1. The Labute approximate surface area is 129 Å². The minimum Gasteiger partial charge on any atom is -0.392 e. The largest absolute Gasteiger partial charge is 0.392 e. The van der Waals surface area contributed by atoms with Gasteiger partial charge in [0, 0.05) is 24.7 Å². The maximum absolute atomic E-state index is 12.2. The fourth-order valence-electron chi connectivity index (χ4n) is 2.10. The van der Waals surface area contributed by atoms with Gasteiger partial charge in [-0.15, -0.1) is 0 Å². The SMILES string of the molecule is CC(=O)Nc1cccc(C(=O)NCc2ccccc2CO)c1. The topological polar surface area (TPSA) is 78.4 Å². The molecular weight excluding hydrogens is 280 g/mol. The zero-order chi connectivity index (χ0) is 15.9. The molecule has 0 aromatic heterocycles. The van der Waals surface area contributed by atoms with Gasteiger partial charge in [-0.2, -0.15) is 0 Å². The van der Waals surface area contributed by atoms with Crippen molar-refractivity contribution in [2.75, 3.05) is 5.32 Å². The van der Waals surface area contributed by atoms with E-state index < -0.39 is 0 Å². The van der Waals surface area contributed by atoms with Crippen LogP contribution in [0.2, 0.25) is 0 Å². The fraction of sp³-hybridized carbons (Fsp3) is 0.176. The highest BCUT2D eigenvalue weighted by Gasteiger charge is 2.08. The van der Waals surface area contributed by atoms with Crippen LogP contribution in [-0.4, -0.2) is 16.9 Å². The summed E-state index contributed by atoms with van der Waals surface area (Å²) in [6.45, 7) is 1.68. The van der Waals surface area contributed by atoms with E-state index in [1.54, 1.807) is 24.3 Å². The molecule has 0 spiro atoms. The molecule has 2 amide bonds. The lowest BCUT2D eigenvalue weighted by Crippen LogP contribution is -2.23. The molecule has 3 N–H and O–H groups in total. The Morgan fingerprint density at radius 2 is 1.77 bits per heavy atom. The predicted octanol–water partition coefficient (Wildman–Crippen LogP) is 2.07. The average molecular weight is 298 g/mol. The molecule has 2 rings (SSSR count). The molecule has 0 fully saturated rings. The molecule has 5 heteroatoms. The van der Waals surface area contributed by atoms with Crippen LogP contribution in [0.25, 0.3) is 0 Å². The van der Waals surface area contributed by atoms with E-state index in [0.29, 0.717) is 17.8 Å². The van der Waals surface area contributed by atoms with Crippen LogP contribution in [0.4, 0.5) is 5.69 Å². The number of benzene rings is 2. The van der Waals surface area contributed by atoms with Gasteiger partial charge in [-0.25, -0.2) is 0 Å². The molecule has 0 bridgehead atoms. The molecule has 2 aromatic carbocycles. The first-order valence-electron chi connectivity index (χ1n) is 6.93. The van der Waals surface area contributed by atoms with Crippen molar-refractivity contribution >= 4 is 17.5 Å². The zero-order valence-electron chi connectivity index (χ0n) is 12.3. The molecule has 0 saturated heterocycles. The molecule has 0 aliphatic rings. The average Bonchev–Trinajstić information content (AvgIpc) is 2.52. The van der Waals surface area contributed by atoms with E-state index in [1.807, 2.05) is 24.3 Å². The van der Waals surface area contributed by atoms with Crippen LogP contribution in [0.3, 0.4) is 0 Å². The van der Waals surface area contributed by atoms with Gasteiger partial charge < -0.3 is 15.7 Å². The van der Waals surface area contributed by atoms with Crippen LogP contribution in [0.5, 0.6) is 0 Å². The Hall–Kier alpha value is -2.66. The van der Waals surface area contributed by atoms with Crippen LogP contribution in [0.1, 0.15) is 28.4 Å². The molecular formula is C17H18N2O3. The Morgan fingerprint density at radius 1 is 1.05 bits per heavy atom. The van der Waals surface area contributed by atoms with Gasteiger partial charge in [0.15, 0.2) is 0 Å². The van der Waals surface area contributed by atoms with Crippen molar-refractivity contribution in [2.45, 2.75) is 20.1 Å². The van der Waals surface area contributed by atoms with Crippen molar-refractivity contribution in [1.29, 1.82) is 0 Å². The summed E-state index contributed by atoms with van der Waals surface area (Å²) in [4.78, 5) is 23.2. The number of aliphatic hydroxyl groups excluding tert-OH is 1. The lowest BCUT2D eigenvalue weighted by molar-refractivity contribution is -0.114. The Kier molecular flexibility index (Phi) is 5.27. The van der Waals surface area contributed by atoms with Gasteiger partial charge in [-0.05, 0) is 29.3 Å². The monoisotopic (exact) mass is 298 g/mol. The van der Waals surface area contributed by atoms with Crippen molar-refractivity contribution < 1.29 is 14.7 Å². The third kappa shape index (κ3) is 4.17. The first-order valence-corrected chi connectivity index (χ1v) is 6.93. The summed E-state index contributed by atoms with van der Waals surface area (Å²) in [6.07, 6.45) is 0. The second-order valence-electron chi connectivity index (χ2n) is 4.87. The van der Waals surface area contributed by atoms with Gasteiger partial charge in [-0.1, -0.05) is 30.3 Å². The second-order valence-corrected chi connectivity index (χ2v) is 4.87. The molecule has 5 nitrogen and oxygen atoms in total. The van der Waals surface area contributed by atoms with E-state index >= 15 is 0 Å². The summed E-state index contributed by atoms with van der Waals surface area (Å²) >= 11 is 0. The fourth-order valence-corrected chi connectivity index (χ4v) is 2.10. The van der Waals surface area contributed by atoms with E-state index in [2.05, 4.69) is 10.6 Å². The standard InChI is InChI=1S/C17H18N2O3/c1-12(21)19-16-8-4-7-13(9-16)17(22)18-10-14-5-2-3-6-15(14)11-20/h2-9,20H,10-11H2,1H3,(H,18,22)(H,19,21). The first kappa shape index (κ1) is 15.7. The van der Waals surface area contributed by atoms with Crippen molar-refractivity contribution in [3.63, 3.8) is 0 Å². The highest BCUT2D eigenvalue weighted by Crippen LogP contribution is 2.12. The molecule has 0 unspecified atom stereocenters. The van der Waals surface area contributed by atoms with E-state index in [4.69, 9.17) is 0 Å². The van der Waals surface area contributed by atoms with Gasteiger partial charge in [0.1, 0.15) is 0 Å². The van der Waals surface area contributed by atoms with Crippen LogP contribution >= 0.6 is 0 Å². The number of hydrogen-bond donors (Lipinski definition) is 3. The minimum atomic E-state index is -0.236. The van der Waals surface area contributed by atoms with Gasteiger partial charge in [0.25, 0.3) is 5.91 Å². The van der Waals surface area contributed by atoms with E-state index in [1.165, 1.54) is 6.92 Å². The highest BCUT2D eigenvalue weighted by atomic mass is 16.3. The Balaban J connectivity index is 2.04.